The number of nitrogens with one attached hydrogen (secondary N) is 1. The van der Waals surface area contributed by atoms with Gasteiger partial charge in [0.05, 0.1) is 18.6 Å². The number of ether oxygens (including phenoxy) is 1. The van der Waals surface area contributed by atoms with Crippen molar-refractivity contribution in [3.63, 3.8) is 0 Å². The molecule has 4 nitrogen and oxygen atoms in total. The van der Waals surface area contributed by atoms with Crippen molar-refractivity contribution in [2.24, 2.45) is 0 Å². The van der Waals surface area contributed by atoms with E-state index in [0.29, 0.717) is 17.0 Å². The zero-order valence-corrected chi connectivity index (χ0v) is 14.7. The number of benzene rings is 1. The predicted octanol–water partition coefficient (Wildman–Crippen LogP) is 4.16. The number of thiophene rings is 1. The Bertz CT molecular complexity index is 751. The summed E-state index contributed by atoms with van der Waals surface area (Å²) in [4.78, 5) is 26.1. The predicted molar refractivity (Wildman–Crippen MR) is 95.8 cm³/mol. The van der Waals surface area contributed by atoms with Crippen LogP contribution >= 0.6 is 11.3 Å². The molecule has 0 spiro atoms. The number of carbonyl (C=O) groups excluding carboxylic acids is 2. The van der Waals surface area contributed by atoms with E-state index in [1.807, 2.05) is 37.3 Å². The highest BCUT2D eigenvalue weighted by Crippen LogP contribution is 2.40. The topological polar surface area (TPSA) is 55.4 Å². The molecular weight excluding hydrogens is 322 g/mol. The third-order valence-electron chi connectivity index (χ3n) is 4.47. The van der Waals surface area contributed by atoms with E-state index in [1.54, 1.807) is 0 Å². The largest absolute Gasteiger partial charge is 0.465 e. The third kappa shape index (κ3) is 3.08. The number of esters is 1. The molecule has 0 aliphatic heterocycles. The summed E-state index contributed by atoms with van der Waals surface area (Å²) in [6, 6.07) is 9.73. The lowest BCUT2D eigenvalue weighted by molar-refractivity contribution is -0.117. The van der Waals surface area contributed by atoms with Crippen molar-refractivity contribution >= 4 is 28.2 Å². The molecule has 3 rings (SSSR count). The van der Waals surface area contributed by atoms with Crippen LogP contribution in [0.25, 0.3) is 0 Å². The summed E-state index contributed by atoms with van der Waals surface area (Å²) >= 11 is 1.51. The van der Waals surface area contributed by atoms with E-state index in [1.165, 1.54) is 23.3 Å². The smallest absolute Gasteiger partial charge is 0.341 e. The second-order valence-corrected chi connectivity index (χ2v) is 7.02. The summed E-state index contributed by atoms with van der Waals surface area (Å²) in [5, 5.41) is 3.61. The molecule has 1 atom stereocenters. The third-order valence-corrected chi connectivity index (χ3v) is 5.68. The monoisotopic (exact) mass is 343 g/mol. The van der Waals surface area contributed by atoms with Crippen molar-refractivity contribution in [1.82, 2.24) is 0 Å². The maximum absolute atomic E-state index is 12.8. The number of methoxy groups -OCH3 is 1. The zero-order chi connectivity index (χ0) is 17.1. The second-order valence-electron chi connectivity index (χ2n) is 5.91. The fourth-order valence-corrected chi connectivity index (χ4v) is 4.55. The molecular formula is C19H21NO3S. The van der Waals surface area contributed by atoms with Gasteiger partial charge in [-0.1, -0.05) is 37.3 Å². The lowest BCUT2D eigenvalue weighted by Crippen LogP contribution is -2.21. The van der Waals surface area contributed by atoms with Gasteiger partial charge in [0.2, 0.25) is 5.91 Å². The molecule has 1 heterocycles. The van der Waals surface area contributed by atoms with Gasteiger partial charge in [-0.15, -0.1) is 11.3 Å². The maximum atomic E-state index is 12.8. The number of fused-ring (bicyclic) bond motifs is 1. The number of carbonyl (C=O) groups is 2. The second kappa shape index (κ2) is 7.18. The van der Waals surface area contributed by atoms with Gasteiger partial charge in [0, 0.05) is 4.88 Å². The lowest BCUT2D eigenvalue weighted by Gasteiger charge is -2.15. The van der Waals surface area contributed by atoms with Gasteiger partial charge in [0.1, 0.15) is 5.00 Å². The van der Waals surface area contributed by atoms with Crippen molar-refractivity contribution in [1.29, 1.82) is 0 Å². The Kier molecular flexibility index (Phi) is 5.00. The van der Waals surface area contributed by atoms with Gasteiger partial charge >= 0.3 is 5.97 Å². The van der Waals surface area contributed by atoms with Crippen LogP contribution in [0.15, 0.2) is 30.3 Å². The van der Waals surface area contributed by atoms with Crippen LogP contribution in [0.2, 0.25) is 0 Å². The van der Waals surface area contributed by atoms with Crippen molar-refractivity contribution in [2.45, 2.75) is 38.5 Å². The summed E-state index contributed by atoms with van der Waals surface area (Å²) in [7, 11) is 1.38. The SMILES string of the molecule is CC[C@@H](C(=O)Nc1sc2c(c1C(=O)OC)CCC2)c1ccccc1. The van der Waals surface area contributed by atoms with Gasteiger partial charge in [-0.25, -0.2) is 4.79 Å². The van der Waals surface area contributed by atoms with E-state index in [0.717, 1.165) is 30.4 Å². The van der Waals surface area contributed by atoms with Crippen LogP contribution < -0.4 is 5.32 Å². The van der Waals surface area contributed by atoms with Crippen LogP contribution in [0.4, 0.5) is 5.00 Å². The summed E-state index contributed by atoms with van der Waals surface area (Å²) < 4.78 is 4.93. The van der Waals surface area contributed by atoms with Gasteiger partial charge in [0.25, 0.3) is 0 Å². The molecule has 0 saturated heterocycles. The van der Waals surface area contributed by atoms with Gasteiger partial charge < -0.3 is 10.1 Å². The summed E-state index contributed by atoms with van der Waals surface area (Å²) in [5.74, 6) is -0.667. The fourth-order valence-electron chi connectivity index (χ4n) is 3.27. The van der Waals surface area contributed by atoms with Crippen LogP contribution in [0.1, 0.15) is 52.0 Å². The molecule has 5 heteroatoms. The lowest BCUT2D eigenvalue weighted by atomic mass is 9.95. The standard InChI is InChI=1S/C19H21NO3S/c1-3-13(12-8-5-4-6-9-12)17(21)20-18-16(19(22)23-2)14-10-7-11-15(14)24-18/h4-6,8-9,13H,3,7,10-11H2,1-2H3,(H,20,21)/t13-/m1/s1. The van der Waals surface area contributed by atoms with E-state index in [2.05, 4.69) is 5.32 Å². The van der Waals surface area contributed by atoms with Crippen molar-refractivity contribution < 1.29 is 14.3 Å². The van der Waals surface area contributed by atoms with Crippen LogP contribution in [-0.2, 0) is 22.4 Å². The quantitative estimate of drug-likeness (QED) is 0.830. The highest BCUT2D eigenvalue weighted by Gasteiger charge is 2.29. The summed E-state index contributed by atoms with van der Waals surface area (Å²) in [5.41, 5.74) is 2.59. The molecule has 2 aromatic rings. The fraction of sp³-hybridized carbons (Fsp3) is 0.368. The van der Waals surface area contributed by atoms with Crippen molar-refractivity contribution in [3.8, 4) is 0 Å². The first kappa shape index (κ1) is 16.7. The minimum atomic E-state index is -0.363. The Hall–Kier alpha value is -2.14. The first-order valence-corrected chi connectivity index (χ1v) is 9.06. The van der Waals surface area contributed by atoms with Gasteiger partial charge in [-0.3, -0.25) is 4.79 Å². The first-order valence-electron chi connectivity index (χ1n) is 8.24. The van der Waals surface area contributed by atoms with E-state index >= 15 is 0 Å². The highest BCUT2D eigenvalue weighted by molar-refractivity contribution is 7.17. The van der Waals surface area contributed by atoms with Crippen LogP contribution in [0, 0.1) is 0 Å². The number of anilines is 1. The average Bonchev–Trinajstić information content (AvgIpc) is 3.16. The van der Waals surface area contributed by atoms with Gasteiger partial charge in [0.15, 0.2) is 0 Å². The molecule has 0 unspecified atom stereocenters. The Morgan fingerprint density at radius 1 is 1.25 bits per heavy atom. The van der Waals surface area contributed by atoms with Crippen molar-refractivity contribution in [2.75, 3.05) is 12.4 Å². The highest BCUT2D eigenvalue weighted by atomic mass is 32.1. The summed E-state index contributed by atoms with van der Waals surface area (Å²) in [6.07, 6.45) is 3.60. The molecule has 1 aliphatic rings. The van der Waals surface area contributed by atoms with Crippen LogP contribution in [0.3, 0.4) is 0 Å². The molecule has 1 aromatic heterocycles. The number of amides is 1. The minimum Gasteiger partial charge on any atom is -0.465 e. The molecule has 0 fully saturated rings. The molecule has 0 radical (unpaired) electrons. The average molecular weight is 343 g/mol. The number of rotatable bonds is 5. The summed E-state index contributed by atoms with van der Waals surface area (Å²) in [6.45, 7) is 1.99. The van der Waals surface area contributed by atoms with E-state index in [4.69, 9.17) is 4.74 Å². The molecule has 126 valence electrons. The van der Waals surface area contributed by atoms with Crippen LogP contribution in [-0.4, -0.2) is 19.0 Å². The first-order chi connectivity index (χ1) is 11.7. The molecule has 1 aliphatic carbocycles. The van der Waals surface area contributed by atoms with E-state index in [-0.39, 0.29) is 17.8 Å². The Morgan fingerprint density at radius 3 is 2.67 bits per heavy atom. The maximum Gasteiger partial charge on any atom is 0.341 e. The molecule has 1 N–H and O–H groups in total. The normalized spacial score (nSPS) is 14.1. The Balaban J connectivity index is 1.88. The van der Waals surface area contributed by atoms with E-state index in [9.17, 15) is 9.59 Å². The Morgan fingerprint density at radius 2 is 2.00 bits per heavy atom. The number of aryl methyl sites for hydroxylation is 1. The van der Waals surface area contributed by atoms with Gasteiger partial charge in [-0.2, -0.15) is 0 Å². The van der Waals surface area contributed by atoms with Crippen LogP contribution in [0.5, 0.6) is 0 Å². The molecule has 0 saturated carbocycles. The molecule has 24 heavy (non-hydrogen) atoms. The number of hydrogen-bond acceptors (Lipinski definition) is 4. The molecule has 0 bridgehead atoms. The zero-order valence-electron chi connectivity index (χ0n) is 13.9. The van der Waals surface area contributed by atoms with E-state index < -0.39 is 0 Å². The Labute approximate surface area is 145 Å². The van der Waals surface area contributed by atoms with Crippen molar-refractivity contribution in [3.05, 3.63) is 51.9 Å². The number of hydrogen-bond donors (Lipinski definition) is 1. The molecule has 1 amide bonds. The van der Waals surface area contributed by atoms with Gasteiger partial charge in [-0.05, 0) is 36.8 Å². The molecule has 1 aromatic carbocycles. The minimum absolute atomic E-state index is 0.0752.